The van der Waals surface area contributed by atoms with Crippen LogP contribution in [-0.2, 0) is 21.3 Å². The number of likely N-dealkylation sites (tertiary alicyclic amines) is 1. The normalized spacial score (nSPS) is 18.7. The molecule has 1 aromatic rings. The number of hydrogen-bond donors (Lipinski definition) is 2. The van der Waals surface area contributed by atoms with Crippen molar-refractivity contribution in [3.63, 3.8) is 0 Å². The Bertz CT molecular complexity index is 775. The van der Waals surface area contributed by atoms with E-state index in [0.717, 1.165) is 24.5 Å². The maximum atomic E-state index is 12.6. The SMILES string of the molecule is CCCS(=O)(=O)NC1CCN(C(=O)NCc2cccnc2N2CCOCC2)CC1. The van der Waals surface area contributed by atoms with Crippen molar-refractivity contribution >= 4 is 21.9 Å². The molecule has 0 aliphatic carbocycles. The van der Waals surface area contributed by atoms with E-state index in [1.165, 1.54) is 0 Å². The molecule has 3 rings (SSSR count). The number of amides is 2. The molecule has 0 aromatic carbocycles. The number of sulfonamides is 1. The Kier molecular flexibility index (Phi) is 7.68. The van der Waals surface area contributed by atoms with Gasteiger partial charge in [-0.25, -0.2) is 22.9 Å². The number of urea groups is 1. The molecule has 0 unspecified atom stereocenters. The second-order valence-corrected chi connectivity index (χ2v) is 9.32. The molecule has 0 atom stereocenters. The summed E-state index contributed by atoms with van der Waals surface area (Å²) in [6.07, 6.45) is 3.61. The summed E-state index contributed by atoms with van der Waals surface area (Å²) >= 11 is 0. The lowest BCUT2D eigenvalue weighted by Gasteiger charge is -2.32. The second-order valence-electron chi connectivity index (χ2n) is 7.44. The molecule has 3 heterocycles. The number of pyridine rings is 1. The molecule has 2 aliphatic rings. The van der Waals surface area contributed by atoms with E-state index in [1.54, 1.807) is 11.1 Å². The van der Waals surface area contributed by atoms with E-state index in [4.69, 9.17) is 4.74 Å². The van der Waals surface area contributed by atoms with Crippen LogP contribution in [0.1, 0.15) is 31.7 Å². The minimum atomic E-state index is -3.22. The third-order valence-electron chi connectivity index (χ3n) is 5.21. The molecule has 2 saturated heterocycles. The molecule has 2 aliphatic heterocycles. The van der Waals surface area contributed by atoms with Crippen LogP contribution in [0, 0.1) is 0 Å². The van der Waals surface area contributed by atoms with Gasteiger partial charge in [0.15, 0.2) is 0 Å². The van der Waals surface area contributed by atoms with Crippen molar-refractivity contribution in [1.82, 2.24) is 19.9 Å². The molecule has 0 spiro atoms. The lowest BCUT2D eigenvalue weighted by atomic mass is 10.1. The average Bonchev–Trinajstić information content (AvgIpc) is 2.73. The van der Waals surface area contributed by atoms with Gasteiger partial charge >= 0.3 is 6.03 Å². The predicted octanol–water partition coefficient (Wildman–Crippen LogP) is 0.922. The van der Waals surface area contributed by atoms with Crippen LogP contribution in [0.4, 0.5) is 10.6 Å². The van der Waals surface area contributed by atoms with E-state index < -0.39 is 10.0 Å². The Morgan fingerprint density at radius 1 is 1.24 bits per heavy atom. The summed E-state index contributed by atoms with van der Waals surface area (Å²) in [5.41, 5.74) is 0.977. The van der Waals surface area contributed by atoms with E-state index in [2.05, 4.69) is 19.9 Å². The summed E-state index contributed by atoms with van der Waals surface area (Å²) < 4.78 is 32.0. The summed E-state index contributed by atoms with van der Waals surface area (Å²) in [6.45, 7) is 6.27. The largest absolute Gasteiger partial charge is 0.378 e. The molecule has 1 aromatic heterocycles. The lowest BCUT2D eigenvalue weighted by molar-refractivity contribution is 0.122. The van der Waals surface area contributed by atoms with Crippen LogP contribution < -0.4 is 14.9 Å². The van der Waals surface area contributed by atoms with Gasteiger partial charge in [-0.05, 0) is 25.3 Å². The molecule has 162 valence electrons. The number of nitrogens with zero attached hydrogens (tertiary/aromatic N) is 3. The molecule has 0 bridgehead atoms. The Morgan fingerprint density at radius 3 is 2.66 bits per heavy atom. The second kappa shape index (κ2) is 10.2. The van der Waals surface area contributed by atoms with E-state index >= 15 is 0 Å². The summed E-state index contributed by atoms with van der Waals surface area (Å²) in [5.74, 6) is 1.03. The van der Waals surface area contributed by atoms with Gasteiger partial charge in [0.1, 0.15) is 5.82 Å². The first kappa shape index (κ1) is 21.8. The summed E-state index contributed by atoms with van der Waals surface area (Å²) in [4.78, 5) is 21.0. The number of carbonyl (C=O) groups is 1. The molecule has 10 heteroatoms. The first-order valence-electron chi connectivity index (χ1n) is 10.3. The van der Waals surface area contributed by atoms with E-state index in [1.807, 2.05) is 19.1 Å². The monoisotopic (exact) mass is 425 g/mol. The van der Waals surface area contributed by atoms with Gasteiger partial charge < -0.3 is 19.9 Å². The van der Waals surface area contributed by atoms with Crippen LogP contribution in [0.3, 0.4) is 0 Å². The fourth-order valence-electron chi connectivity index (χ4n) is 3.69. The number of anilines is 1. The van der Waals surface area contributed by atoms with Gasteiger partial charge in [-0.3, -0.25) is 0 Å². The Labute approximate surface area is 172 Å². The first-order chi connectivity index (χ1) is 14.0. The summed E-state index contributed by atoms with van der Waals surface area (Å²) in [5, 5.41) is 2.98. The predicted molar refractivity (Wildman–Crippen MR) is 111 cm³/mol. The molecule has 2 fully saturated rings. The fourth-order valence-corrected chi connectivity index (χ4v) is 5.09. The van der Waals surface area contributed by atoms with Crippen molar-refractivity contribution in [3.05, 3.63) is 23.9 Å². The minimum Gasteiger partial charge on any atom is -0.378 e. The Balaban J connectivity index is 1.49. The van der Waals surface area contributed by atoms with Crippen molar-refractivity contribution in [2.75, 3.05) is 50.0 Å². The molecular formula is C19H31N5O4S. The fraction of sp³-hybridized carbons (Fsp3) is 0.684. The van der Waals surface area contributed by atoms with Crippen LogP contribution in [0.5, 0.6) is 0 Å². The van der Waals surface area contributed by atoms with Gasteiger partial charge in [0.25, 0.3) is 0 Å². The van der Waals surface area contributed by atoms with E-state index in [9.17, 15) is 13.2 Å². The average molecular weight is 426 g/mol. The lowest BCUT2D eigenvalue weighted by Crippen LogP contribution is -2.49. The zero-order valence-electron chi connectivity index (χ0n) is 17.0. The number of carbonyl (C=O) groups excluding carboxylic acids is 1. The van der Waals surface area contributed by atoms with Gasteiger partial charge in [0.05, 0.1) is 19.0 Å². The van der Waals surface area contributed by atoms with Crippen molar-refractivity contribution in [2.45, 2.75) is 38.8 Å². The van der Waals surface area contributed by atoms with E-state index in [-0.39, 0.29) is 17.8 Å². The van der Waals surface area contributed by atoms with Crippen LogP contribution in [-0.4, -0.2) is 75.5 Å². The molecule has 2 N–H and O–H groups in total. The van der Waals surface area contributed by atoms with Crippen molar-refractivity contribution in [3.8, 4) is 0 Å². The third-order valence-corrected chi connectivity index (χ3v) is 6.85. The maximum absolute atomic E-state index is 12.6. The molecule has 9 nitrogen and oxygen atoms in total. The maximum Gasteiger partial charge on any atom is 0.317 e. The number of hydrogen-bond acceptors (Lipinski definition) is 6. The highest BCUT2D eigenvalue weighted by Crippen LogP contribution is 2.18. The molecule has 29 heavy (non-hydrogen) atoms. The summed E-state index contributed by atoms with van der Waals surface area (Å²) in [6, 6.07) is 3.63. The topological polar surface area (TPSA) is 104 Å². The number of rotatable bonds is 7. The Hall–Kier alpha value is -1.91. The highest BCUT2D eigenvalue weighted by atomic mass is 32.2. The van der Waals surface area contributed by atoms with Crippen LogP contribution in [0.15, 0.2) is 18.3 Å². The van der Waals surface area contributed by atoms with Crippen LogP contribution in [0.2, 0.25) is 0 Å². The smallest absolute Gasteiger partial charge is 0.317 e. The Morgan fingerprint density at radius 2 is 1.97 bits per heavy atom. The van der Waals surface area contributed by atoms with Gasteiger partial charge in [-0.15, -0.1) is 0 Å². The first-order valence-corrected chi connectivity index (χ1v) is 11.9. The zero-order valence-corrected chi connectivity index (χ0v) is 17.8. The van der Waals surface area contributed by atoms with Gasteiger partial charge in [-0.1, -0.05) is 13.0 Å². The highest BCUT2D eigenvalue weighted by Gasteiger charge is 2.26. The van der Waals surface area contributed by atoms with Crippen molar-refractivity contribution in [2.24, 2.45) is 0 Å². The van der Waals surface area contributed by atoms with Crippen molar-refractivity contribution < 1.29 is 17.9 Å². The molecule has 0 radical (unpaired) electrons. The standard InChI is InChI=1S/C19H31N5O4S/c1-2-14-29(26,27)22-17-5-8-24(9-6-17)19(25)21-15-16-4-3-7-20-18(16)23-10-12-28-13-11-23/h3-4,7,17,22H,2,5-6,8-15H2,1H3,(H,21,25). The van der Waals surface area contributed by atoms with Crippen molar-refractivity contribution in [1.29, 1.82) is 0 Å². The molecule has 2 amide bonds. The number of aromatic nitrogens is 1. The summed E-state index contributed by atoms with van der Waals surface area (Å²) in [7, 11) is -3.22. The highest BCUT2D eigenvalue weighted by molar-refractivity contribution is 7.89. The molecule has 0 saturated carbocycles. The quantitative estimate of drug-likeness (QED) is 0.673. The zero-order chi connectivity index (χ0) is 20.7. The number of nitrogens with one attached hydrogen (secondary N) is 2. The number of piperidine rings is 1. The molecular weight excluding hydrogens is 394 g/mol. The van der Waals surface area contributed by atoms with Crippen LogP contribution >= 0.6 is 0 Å². The van der Waals surface area contributed by atoms with Gasteiger partial charge in [0.2, 0.25) is 10.0 Å². The minimum absolute atomic E-state index is 0.0955. The van der Waals surface area contributed by atoms with Gasteiger partial charge in [-0.2, -0.15) is 0 Å². The number of morpholine rings is 1. The number of ether oxygens (including phenoxy) is 1. The van der Waals surface area contributed by atoms with Gasteiger partial charge in [0, 0.05) is 50.5 Å². The van der Waals surface area contributed by atoms with Crippen LogP contribution in [0.25, 0.3) is 0 Å². The third kappa shape index (κ3) is 6.28. The van der Waals surface area contributed by atoms with E-state index in [0.29, 0.717) is 52.1 Å².